The monoisotopic (exact) mass is 301 g/mol. The Hall–Kier alpha value is -0.240. The molecule has 1 aromatic carbocycles. The lowest BCUT2D eigenvalue weighted by molar-refractivity contribution is 0.371. The van der Waals surface area contributed by atoms with Gasteiger partial charge < -0.3 is 5.32 Å². The third-order valence-corrected chi connectivity index (χ3v) is 4.55. The molecule has 0 amide bonds. The van der Waals surface area contributed by atoms with Gasteiger partial charge in [0.15, 0.2) is 0 Å². The van der Waals surface area contributed by atoms with Gasteiger partial charge in [-0.25, -0.2) is 0 Å². The lowest BCUT2D eigenvalue weighted by atomic mass is 9.91. The molecule has 1 atom stereocenters. The standard InChI is InChI=1S/C16H25Cl2N/c1-4-10-19-15(11-12(5-2)6-3)13-8-7-9-14(17)16(13)18/h7-9,12,15,19H,4-6,10-11H2,1-3H3. The summed E-state index contributed by atoms with van der Waals surface area (Å²) in [7, 11) is 0. The van der Waals surface area contributed by atoms with Gasteiger partial charge in [0, 0.05) is 6.04 Å². The highest BCUT2D eigenvalue weighted by atomic mass is 35.5. The van der Waals surface area contributed by atoms with Gasteiger partial charge in [-0.2, -0.15) is 0 Å². The third kappa shape index (κ3) is 4.98. The van der Waals surface area contributed by atoms with Crippen LogP contribution in [-0.2, 0) is 0 Å². The summed E-state index contributed by atoms with van der Waals surface area (Å²) in [5.74, 6) is 0.726. The van der Waals surface area contributed by atoms with E-state index in [2.05, 4.69) is 32.2 Å². The van der Waals surface area contributed by atoms with Crippen molar-refractivity contribution < 1.29 is 0 Å². The van der Waals surface area contributed by atoms with Crippen molar-refractivity contribution in [2.24, 2.45) is 5.92 Å². The number of benzene rings is 1. The van der Waals surface area contributed by atoms with E-state index in [0.717, 1.165) is 30.9 Å². The first-order valence-electron chi connectivity index (χ1n) is 7.31. The Balaban J connectivity index is 2.91. The second-order valence-corrected chi connectivity index (χ2v) is 5.85. The van der Waals surface area contributed by atoms with Crippen LogP contribution in [0.15, 0.2) is 18.2 Å². The summed E-state index contributed by atoms with van der Waals surface area (Å²) in [5.41, 5.74) is 1.13. The Morgan fingerprint density at radius 3 is 2.37 bits per heavy atom. The fourth-order valence-electron chi connectivity index (χ4n) is 2.38. The maximum Gasteiger partial charge on any atom is 0.0640 e. The van der Waals surface area contributed by atoms with Crippen molar-refractivity contribution in [2.75, 3.05) is 6.54 Å². The molecule has 0 aliphatic carbocycles. The van der Waals surface area contributed by atoms with Crippen molar-refractivity contribution in [1.29, 1.82) is 0 Å². The van der Waals surface area contributed by atoms with E-state index in [0.29, 0.717) is 16.1 Å². The van der Waals surface area contributed by atoms with E-state index in [1.165, 1.54) is 12.8 Å². The number of nitrogens with one attached hydrogen (secondary N) is 1. The van der Waals surface area contributed by atoms with E-state index in [9.17, 15) is 0 Å². The molecule has 0 fully saturated rings. The van der Waals surface area contributed by atoms with E-state index in [-0.39, 0.29) is 0 Å². The number of hydrogen-bond acceptors (Lipinski definition) is 1. The molecule has 3 heteroatoms. The number of hydrogen-bond donors (Lipinski definition) is 1. The molecule has 108 valence electrons. The number of halogens is 2. The van der Waals surface area contributed by atoms with Crippen LogP contribution >= 0.6 is 23.2 Å². The summed E-state index contributed by atoms with van der Waals surface area (Å²) in [6.45, 7) is 7.70. The SMILES string of the molecule is CCCNC(CC(CC)CC)c1cccc(Cl)c1Cl. The van der Waals surface area contributed by atoms with E-state index >= 15 is 0 Å². The second kappa shape index (κ2) is 8.84. The summed E-state index contributed by atoms with van der Waals surface area (Å²) < 4.78 is 0. The molecular weight excluding hydrogens is 277 g/mol. The molecule has 0 heterocycles. The van der Waals surface area contributed by atoms with Crippen molar-refractivity contribution in [3.8, 4) is 0 Å². The Bertz CT molecular complexity index is 375. The second-order valence-electron chi connectivity index (χ2n) is 5.07. The van der Waals surface area contributed by atoms with Crippen LogP contribution in [0.1, 0.15) is 58.1 Å². The van der Waals surface area contributed by atoms with Gasteiger partial charge in [-0.1, -0.05) is 68.9 Å². The Morgan fingerprint density at radius 1 is 1.11 bits per heavy atom. The van der Waals surface area contributed by atoms with Crippen LogP contribution in [0.2, 0.25) is 10.0 Å². The van der Waals surface area contributed by atoms with Crippen LogP contribution in [0.25, 0.3) is 0 Å². The molecular formula is C16H25Cl2N. The van der Waals surface area contributed by atoms with Gasteiger partial charge in [-0.3, -0.25) is 0 Å². The first kappa shape index (κ1) is 16.8. The Kier molecular flexibility index (Phi) is 7.82. The molecule has 0 aliphatic rings. The average Bonchev–Trinajstić information content (AvgIpc) is 2.43. The zero-order valence-electron chi connectivity index (χ0n) is 12.2. The van der Waals surface area contributed by atoms with E-state index in [1.807, 2.05) is 12.1 Å². The van der Waals surface area contributed by atoms with Gasteiger partial charge >= 0.3 is 0 Å². The van der Waals surface area contributed by atoms with Gasteiger partial charge in [0.05, 0.1) is 10.0 Å². The predicted molar refractivity (Wildman–Crippen MR) is 86.2 cm³/mol. The normalized spacial score (nSPS) is 12.9. The minimum Gasteiger partial charge on any atom is -0.310 e. The van der Waals surface area contributed by atoms with Crippen molar-refractivity contribution in [3.05, 3.63) is 33.8 Å². The summed E-state index contributed by atoms with van der Waals surface area (Å²) in [6.07, 6.45) is 4.66. The minimum absolute atomic E-state index is 0.302. The fourth-order valence-corrected chi connectivity index (χ4v) is 2.82. The van der Waals surface area contributed by atoms with Crippen LogP contribution in [0.3, 0.4) is 0 Å². The van der Waals surface area contributed by atoms with Crippen LogP contribution in [0.4, 0.5) is 0 Å². The van der Waals surface area contributed by atoms with E-state index in [1.54, 1.807) is 0 Å². The highest BCUT2D eigenvalue weighted by molar-refractivity contribution is 6.42. The van der Waals surface area contributed by atoms with E-state index in [4.69, 9.17) is 23.2 Å². The van der Waals surface area contributed by atoms with Crippen LogP contribution in [0.5, 0.6) is 0 Å². The Labute approximate surface area is 127 Å². The zero-order valence-corrected chi connectivity index (χ0v) is 13.7. The maximum atomic E-state index is 6.36. The summed E-state index contributed by atoms with van der Waals surface area (Å²) in [4.78, 5) is 0. The molecule has 0 aromatic heterocycles. The summed E-state index contributed by atoms with van der Waals surface area (Å²) >= 11 is 12.5. The first-order chi connectivity index (χ1) is 9.13. The maximum absolute atomic E-state index is 6.36. The molecule has 1 rings (SSSR count). The largest absolute Gasteiger partial charge is 0.310 e. The quantitative estimate of drug-likeness (QED) is 0.634. The highest BCUT2D eigenvalue weighted by Gasteiger charge is 2.19. The molecule has 1 unspecified atom stereocenters. The first-order valence-corrected chi connectivity index (χ1v) is 8.06. The summed E-state index contributed by atoms with van der Waals surface area (Å²) in [5, 5.41) is 4.95. The van der Waals surface area contributed by atoms with Crippen LogP contribution in [-0.4, -0.2) is 6.54 Å². The van der Waals surface area contributed by atoms with Gasteiger partial charge in [0.1, 0.15) is 0 Å². The predicted octanol–water partition coefficient (Wildman–Crippen LogP) is 5.86. The van der Waals surface area contributed by atoms with Crippen molar-refractivity contribution >= 4 is 23.2 Å². The molecule has 1 N–H and O–H groups in total. The van der Waals surface area contributed by atoms with Gasteiger partial charge in [-0.15, -0.1) is 0 Å². The fraction of sp³-hybridized carbons (Fsp3) is 0.625. The molecule has 19 heavy (non-hydrogen) atoms. The molecule has 1 nitrogen and oxygen atoms in total. The van der Waals surface area contributed by atoms with Gasteiger partial charge in [-0.05, 0) is 36.9 Å². The molecule has 0 saturated carbocycles. The lowest BCUT2D eigenvalue weighted by Crippen LogP contribution is -2.24. The topological polar surface area (TPSA) is 12.0 Å². The minimum atomic E-state index is 0.302. The molecule has 0 bridgehead atoms. The van der Waals surface area contributed by atoms with Crippen molar-refractivity contribution in [2.45, 2.75) is 52.5 Å². The molecule has 1 aromatic rings. The molecule has 0 radical (unpaired) electrons. The van der Waals surface area contributed by atoms with Crippen LogP contribution in [0, 0.1) is 5.92 Å². The molecule has 0 spiro atoms. The highest BCUT2D eigenvalue weighted by Crippen LogP contribution is 2.33. The lowest BCUT2D eigenvalue weighted by Gasteiger charge is -2.24. The Morgan fingerprint density at radius 2 is 1.79 bits per heavy atom. The molecule has 0 aliphatic heterocycles. The number of rotatable bonds is 8. The van der Waals surface area contributed by atoms with Gasteiger partial charge in [0.25, 0.3) is 0 Å². The average molecular weight is 302 g/mol. The smallest absolute Gasteiger partial charge is 0.0640 e. The van der Waals surface area contributed by atoms with Crippen molar-refractivity contribution in [3.63, 3.8) is 0 Å². The molecule has 0 saturated heterocycles. The zero-order chi connectivity index (χ0) is 14.3. The van der Waals surface area contributed by atoms with Crippen LogP contribution < -0.4 is 5.32 Å². The summed E-state index contributed by atoms with van der Waals surface area (Å²) in [6, 6.07) is 6.22. The van der Waals surface area contributed by atoms with Crippen molar-refractivity contribution in [1.82, 2.24) is 5.32 Å². The van der Waals surface area contributed by atoms with Gasteiger partial charge in [0.2, 0.25) is 0 Å². The third-order valence-electron chi connectivity index (χ3n) is 3.72. The van der Waals surface area contributed by atoms with E-state index < -0.39 is 0 Å².